The smallest absolute Gasteiger partial charge is 0.270 e. The molecule has 8 nitrogen and oxygen atoms in total. The molecule has 0 aliphatic heterocycles. The number of carbonyl (C=O) groups is 2. The Labute approximate surface area is 742 Å². The van der Waals surface area contributed by atoms with E-state index < -0.39 is 28.2 Å². The standard InChI is InChI=1S/C110H100F2N4O4S4/c1-8-13-18-23-24-31-54-120-102-96-98-108(104-88(110(98,77-50-42-69(43-51-77)34-27-21-16-11-4)78-52-44-70(45-53-78)35-28-22-17-12-5)64-80(122-104)62-86-94(92(66-114)116-7)82-57-73-59-89(111)90(112)60-74(73)58-84(82)100(86)118)123-105(96)101(119)95-97-107(124-106(95)102)103-87(63-79(121-103)61-85-93(91(65-113)115-6)81-55-71-36-29-30-37-72(71)56-83(81)99(85)117)109(97,75-46-38-67(39-47-75)32-25-19-14-9-2)76-48-40-68(41-49-76)33-26-20-15-10-3/h29-30,36-53,55-64,119H,8-28,31-35,54H2,1-5H3/b85-61-,86-62-,93-91-,94-92+. The molecule has 124 heavy (non-hydrogen) atoms. The Balaban J connectivity index is 0.963. The molecule has 4 aromatic heterocycles. The van der Waals surface area contributed by atoms with Crippen LogP contribution in [0.25, 0.3) is 94.2 Å². The number of phenolic OH excluding ortho intramolecular Hbond substituents is 1. The number of benzene rings is 9. The van der Waals surface area contributed by atoms with Crippen molar-refractivity contribution in [3.05, 3.63) is 326 Å². The largest absolute Gasteiger partial charge is 0.506 e. The third kappa shape index (κ3) is 15.1. The minimum absolute atomic E-state index is 0.128. The number of thiophene rings is 4. The molecule has 0 unspecified atom stereocenters. The van der Waals surface area contributed by atoms with E-state index in [0.29, 0.717) is 65.9 Å². The van der Waals surface area contributed by atoms with Crippen LogP contribution in [0.15, 0.2) is 192 Å². The predicted octanol–water partition coefficient (Wildman–Crippen LogP) is 31.4. The Morgan fingerprint density at radius 2 is 0.766 bits per heavy atom. The zero-order chi connectivity index (χ0) is 85.9. The van der Waals surface area contributed by atoms with Crippen LogP contribution in [0.1, 0.15) is 284 Å². The first kappa shape index (κ1) is 84.7. The number of nitrogens with zero attached hydrogens (tertiary/aromatic N) is 4. The number of phenols is 1. The highest BCUT2D eigenvalue weighted by Gasteiger charge is 2.55. The molecule has 0 saturated heterocycles. The molecule has 4 aliphatic carbocycles. The third-order valence-corrected chi connectivity index (χ3v) is 31.1. The van der Waals surface area contributed by atoms with Gasteiger partial charge >= 0.3 is 0 Å². The van der Waals surface area contributed by atoms with E-state index in [1.807, 2.05) is 42.5 Å². The van der Waals surface area contributed by atoms with E-state index in [9.17, 15) is 15.6 Å². The number of nitriles is 2. The van der Waals surface area contributed by atoms with Crippen molar-refractivity contribution in [3.63, 3.8) is 0 Å². The molecule has 4 heterocycles. The summed E-state index contributed by atoms with van der Waals surface area (Å²) in [6.45, 7) is 28.4. The van der Waals surface area contributed by atoms with Crippen LogP contribution in [0.2, 0.25) is 0 Å². The maximum atomic E-state index is 15.4. The number of aryl methyl sites for hydroxylation is 4. The molecule has 9 aromatic carbocycles. The fourth-order valence-electron chi connectivity index (χ4n) is 19.9. The summed E-state index contributed by atoms with van der Waals surface area (Å²) in [6.07, 6.45) is 31.4. The maximum absolute atomic E-state index is 15.4. The lowest BCUT2D eigenvalue weighted by Crippen LogP contribution is -2.29. The first-order valence-electron chi connectivity index (χ1n) is 44.8. The van der Waals surface area contributed by atoms with Crippen molar-refractivity contribution in [2.75, 3.05) is 6.61 Å². The maximum Gasteiger partial charge on any atom is 0.270 e. The molecule has 0 radical (unpaired) electrons. The second-order valence-electron chi connectivity index (χ2n) is 34.1. The Morgan fingerprint density at radius 1 is 0.419 bits per heavy atom. The van der Waals surface area contributed by atoms with Crippen molar-refractivity contribution >= 4 is 122 Å². The van der Waals surface area contributed by atoms with Crippen molar-refractivity contribution in [1.82, 2.24) is 0 Å². The first-order chi connectivity index (χ1) is 60.7. The Hall–Kier alpha value is -11.5. The van der Waals surface area contributed by atoms with Gasteiger partial charge < -0.3 is 9.84 Å². The molecule has 4 aliphatic rings. The molecule has 0 atom stereocenters. The molecule has 0 fully saturated rings. The highest BCUT2D eigenvalue weighted by Crippen LogP contribution is 2.71. The topological polar surface area (TPSA) is 120 Å². The van der Waals surface area contributed by atoms with Gasteiger partial charge in [0.1, 0.15) is 11.5 Å². The number of fused-ring (bicyclic) bond motifs is 14. The van der Waals surface area contributed by atoms with Gasteiger partial charge in [-0.05, 0) is 207 Å². The summed E-state index contributed by atoms with van der Waals surface area (Å²) in [5, 5.41) is 40.4. The summed E-state index contributed by atoms with van der Waals surface area (Å²) in [5.74, 6) is -1.99. The van der Waals surface area contributed by atoms with Crippen molar-refractivity contribution in [1.29, 1.82) is 10.5 Å². The number of hydrogen-bond donors (Lipinski definition) is 1. The number of ketones is 2. The SMILES string of the molecule is [C-]#[N+]/C(C#N)=C1\C(=C\c2cc3c(s2)-c2sc4c(OCCCCCCCC)c5c6c(sc5c(O)c4c2C3(c2ccc(CCCCCC)cc2)c2ccc(CCCCCC)cc2)-c2sc(/C=C3\C(=O)c4cc5cc(F)c(F)cc5cc4\C3=C(\C#N)[N+]#[C-])cc2C6(c2ccc(CCCCCC)cc2)c2ccc(CCCCCC)cc2)C(=O)c2cc3ccccc3cc21. The van der Waals surface area contributed by atoms with Gasteiger partial charge in [-0.2, -0.15) is 0 Å². The van der Waals surface area contributed by atoms with Gasteiger partial charge in [0.2, 0.25) is 0 Å². The highest BCUT2D eigenvalue weighted by atomic mass is 32.1. The summed E-state index contributed by atoms with van der Waals surface area (Å²) in [4.78, 5) is 43.6. The van der Waals surface area contributed by atoms with Gasteiger partial charge in [-0.25, -0.2) is 29.0 Å². The van der Waals surface area contributed by atoms with Gasteiger partial charge in [0.15, 0.2) is 23.2 Å². The van der Waals surface area contributed by atoms with Crippen LogP contribution in [0.5, 0.6) is 11.5 Å². The van der Waals surface area contributed by atoms with Gasteiger partial charge in [-0.1, -0.05) is 265 Å². The van der Waals surface area contributed by atoms with Gasteiger partial charge in [-0.3, -0.25) is 9.59 Å². The van der Waals surface area contributed by atoms with E-state index in [4.69, 9.17) is 17.9 Å². The molecular weight excluding hydrogens is 1610 g/mol. The second-order valence-corrected chi connectivity index (χ2v) is 38.3. The van der Waals surface area contributed by atoms with E-state index in [1.54, 1.807) is 46.2 Å². The Kier molecular flexibility index (Phi) is 25.1. The van der Waals surface area contributed by atoms with Crippen LogP contribution >= 0.6 is 45.3 Å². The number of unbranched alkanes of at least 4 members (excludes halogenated alkanes) is 17. The minimum Gasteiger partial charge on any atom is -0.506 e. The number of allylic oxidation sites excluding steroid dienone is 6. The molecule has 622 valence electrons. The summed E-state index contributed by atoms with van der Waals surface area (Å²) in [7, 11) is 0. The van der Waals surface area contributed by atoms with E-state index >= 15 is 18.4 Å². The zero-order valence-electron chi connectivity index (χ0n) is 71.3. The van der Waals surface area contributed by atoms with E-state index in [1.165, 1.54) is 39.7 Å². The molecule has 0 amide bonds. The minimum atomic E-state index is -1.13. The lowest BCUT2D eigenvalue weighted by molar-refractivity contribution is 0.103. The fraction of sp³-hybridized carbons (Fsp3) is 0.309. The van der Waals surface area contributed by atoms with Crippen LogP contribution in [0.3, 0.4) is 0 Å². The summed E-state index contributed by atoms with van der Waals surface area (Å²) >= 11 is 6.33. The molecule has 0 bridgehead atoms. The van der Waals surface area contributed by atoms with E-state index in [-0.39, 0.29) is 39.6 Å². The summed E-state index contributed by atoms with van der Waals surface area (Å²) in [5.41, 5.74) is 12.5. The second kappa shape index (κ2) is 36.8. The third-order valence-electron chi connectivity index (χ3n) is 26.2. The predicted molar refractivity (Wildman–Crippen MR) is 510 cm³/mol. The summed E-state index contributed by atoms with van der Waals surface area (Å²) < 4.78 is 39.6. The van der Waals surface area contributed by atoms with Gasteiger partial charge in [0.25, 0.3) is 11.4 Å². The Bertz CT molecular complexity index is 6550. The molecule has 13 aromatic rings. The monoisotopic (exact) mass is 1710 g/mol. The van der Waals surface area contributed by atoms with Crippen LogP contribution in [-0.4, -0.2) is 23.3 Å². The molecule has 1 N–H and O–H groups in total. The number of ether oxygens (including phenoxy) is 1. The number of rotatable bonds is 34. The fourth-order valence-corrected chi connectivity index (χ4v) is 25.2. The molecule has 17 rings (SSSR count). The molecule has 0 spiro atoms. The number of halogens is 2. The number of carbonyl (C=O) groups excluding carboxylic acids is 2. The Morgan fingerprint density at radius 3 is 1.15 bits per heavy atom. The van der Waals surface area contributed by atoms with Gasteiger partial charge in [0, 0.05) is 65.1 Å². The van der Waals surface area contributed by atoms with Crippen LogP contribution in [-0.2, 0) is 36.5 Å². The number of hydrogen-bond acceptors (Lipinski definition) is 10. The molecular formula is C110H100F2N4O4S4. The van der Waals surface area contributed by atoms with Crippen LogP contribution < -0.4 is 4.74 Å². The number of Topliss-reactive ketones (excluding diaryl/α,β-unsaturated/α-hetero) is 2. The van der Waals surface area contributed by atoms with Crippen molar-refractivity contribution < 1.29 is 28.2 Å². The van der Waals surface area contributed by atoms with Gasteiger partial charge in [0.05, 0.1) is 71.6 Å². The van der Waals surface area contributed by atoms with Crippen LogP contribution in [0, 0.1) is 47.4 Å². The van der Waals surface area contributed by atoms with E-state index in [0.717, 1.165) is 269 Å². The average Bonchev–Trinajstić information content (AvgIpc) is 1.49. The van der Waals surface area contributed by atoms with Crippen LogP contribution in [0.4, 0.5) is 8.78 Å². The summed E-state index contributed by atoms with van der Waals surface area (Å²) in [6, 6.07) is 62.5. The zero-order valence-corrected chi connectivity index (χ0v) is 74.5. The lowest BCUT2D eigenvalue weighted by atomic mass is 9.66. The van der Waals surface area contributed by atoms with Crippen molar-refractivity contribution in [2.24, 2.45) is 0 Å². The van der Waals surface area contributed by atoms with Crippen molar-refractivity contribution in [3.8, 4) is 43.1 Å². The van der Waals surface area contributed by atoms with Crippen molar-refractivity contribution in [2.45, 2.75) is 212 Å². The first-order valence-corrected chi connectivity index (χ1v) is 48.1. The normalized spacial score (nSPS) is 15.3. The van der Waals surface area contributed by atoms with Gasteiger partial charge in [-0.15, -0.1) is 45.3 Å². The number of aromatic hydroxyl groups is 1. The van der Waals surface area contributed by atoms with E-state index in [2.05, 4.69) is 166 Å². The quantitative estimate of drug-likeness (QED) is 0.0186. The average molecular weight is 1710 g/mol. The lowest BCUT2D eigenvalue weighted by Gasteiger charge is -2.34. The molecule has 14 heteroatoms. The highest BCUT2D eigenvalue weighted by molar-refractivity contribution is 7.29. The molecule has 0 saturated carbocycles.